The molecule has 0 bridgehead atoms. The maximum Gasteiger partial charge on any atom is 0.415 e. The van der Waals surface area contributed by atoms with Gasteiger partial charge in [0.1, 0.15) is 0 Å². The van der Waals surface area contributed by atoms with E-state index < -0.39 is 30.2 Å². The van der Waals surface area contributed by atoms with Crippen LogP contribution in [0.4, 0.5) is 9.59 Å². The minimum Gasteiger partial charge on any atom is -0.481 e. The summed E-state index contributed by atoms with van der Waals surface area (Å²) in [5, 5.41) is 27.8. The number of amides is 3. The fraction of sp³-hybridized carbons (Fsp3) is 0.727. The normalized spacial score (nSPS) is 28.9. The van der Waals surface area contributed by atoms with E-state index in [1.165, 1.54) is 11.8 Å². The van der Waals surface area contributed by atoms with Crippen LogP contribution in [0.2, 0.25) is 0 Å². The Hall–Kier alpha value is -1.48. The van der Waals surface area contributed by atoms with Gasteiger partial charge in [-0.2, -0.15) is 16.8 Å². The third-order valence-electron chi connectivity index (χ3n) is 3.61. The number of carbonyl (C=O) groups is 3. The zero-order chi connectivity index (χ0) is 14.9. The van der Waals surface area contributed by atoms with Gasteiger partial charge in [-0.3, -0.25) is 10.0 Å². The number of rotatable bonds is 5. The van der Waals surface area contributed by atoms with Gasteiger partial charge in [0, 0.05) is 17.4 Å². The molecule has 2 aliphatic rings. The van der Waals surface area contributed by atoms with Crippen molar-refractivity contribution in [2.45, 2.75) is 43.0 Å². The van der Waals surface area contributed by atoms with Gasteiger partial charge in [-0.05, 0) is 12.8 Å². The summed E-state index contributed by atoms with van der Waals surface area (Å²) in [6.07, 6.45) is 0.591. The number of urea groups is 1. The van der Waals surface area contributed by atoms with E-state index in [0.717, 1.165) is 0 Å². The van der Waals surface area contributed by atoms with Crippen molar-refractivity contribution in [2.24, 2.45) is 0 Å². The molecule has 0 unspecified atom stereocenters. The van der Waals surface area contributed by atoms with Crippen LogP contribution in [-0.4, -0.2) is 66.6 Å². The van der Waals surface area contributed by atoms with Gasteiger partial charge in [-0.1, -0.05) is 6.42 Å². The highest BCUT2D eigenvalue weighted by molar-refractivity contribution is 8.00. The first kappa shape index (κ1) is 14.9. The number of imide groups is 1. The van der Waals surface area contributed by atoms with Crippen LogP contribution in [0.5, 0.6) is 0 Å². The number of hydrogen-bond donors (Lipinski definition) is 3. The summed E-state index contributed by atoms with van der Waals surface area (Å²) >= 11 is 1.51. The predicted molar refractivity (Wildman–Crippen MR) is 68.8 cm³/mol. The Kier molecular flexibility index (Phi) is 4.39. The van der Waals surface area contributed by atoms with Crippen LogP contribution in [0.1, 0.15) is 25.7 Å². The standard InChI is InChI=1S/C11H16N2O6S/c14-8(15)4-2-1-3-7-9-6(5-20-7)12(11(17)18)10(16)13(9)19/h6-7,9,19H,1-5H2,(H,14,15)(H,17,18)/t6-,7-,9-/m1/s1. The Morgan fingerprint density at radius 3 is 2.60 bits per heavy atom. The van der Waals surface area contributed by atoms with Crippen LogP contribution in [0.3, 0.4) is 0 Å². The molecule has 9 heteroatoms. The smallest absolute Gasteiger partial charge is 0.415 e. The highest BCUT2D eigenvalue weighted by Gasteiger charge is 2.55. The van der Waals surface area contributed by atoms with Crippen molar-refractivity contribution in [1.82, 2.24) is 9.96 Å². The minimum absolute atomic E-state index is 0.0629. The number of hydroxylamine groups is 2. The van der Waals surface area contributed by atoms with E-state index >= 15 is 0 Å². The van der Waals surface area contributed by atoms with Gasteiger partial charge in [-0.15, -0.1) is 0 Å². The molecular formula is C11H16N2O6S. The number of hydrogen-bond acceptors (Lipinski definition) is 5. The van der Waals surface area contributed by atoms with Gasteiger partial charge in [0.2, 0.25) is 0 Å². The summed E-state index contributed by atoms with van der Waals surface area (Å²) in [6, 6.07) is -1.96. The topological polar surface area (TPSA) is 118 Å². The lowest BCUT2D eigenvalue weighted by atomic mass is 10.0. The number of carboxylic acid groups (broad SMARTS) is 2. The highest BCUT2D eigenvalue weighted by atomic mass is 32.2. The summed E-state index contributed by atoms with van der Waals surface area (Å²) in [4.78, 5) is 33.8. The second-order valence-electron chi connectivity index (χ2n) is 4.85. The van der Waals surface area contributed by atoms with Crippen molar-refractivity contribution in [2.75, 3.05) is 5.75 Å². The monoisotopic (exact) mass is 304 g/mol. The number of thioether (sulfide) groups is 1. The molecule has 2 fully saturated rings. The molecule has 3 atom stereocenters. The average Bonchev–Trinajstić information content (AvgIpc) is 2.86. The molecule has 2 saturated heterocycles. The quantitative estimate of drug-likeness (QED) is 0.398. The van der Waals surface area contributed by atoms with Crippen LogP contribution in [-0.2, 0) is 4.79 Å². The lowest BCUT2D eigenvalue weighted by Gasteiger charge is -2.21. The van der Waals surface area contributed by atoms with E-state index in [1.54, 1.807) is 0 Å². The Balaban J connectivity index is 1.94. The van der Waals surface area contributed by atoms with Crippen molar-refractivity contribution in [3.63, 3.8) is 0 Å². The molecule has 0 spiro atoms. The predicted octanol–water partition coefficient (Wildman–Crippen LogP) is 1.29. The fourth-order valence-corrected chi connectivity index (χ4v) is 4.31. The molecule has 0 aromatic carbocycles. The van der Waals surface area contributed by atoms with Crippen LogP contribution in [0, 0.1) is 0 Å². The summed E-state index contributed by atoms with van der Waals surface area (Å²) < 4.78 is 0. The Morgan fingerprint density at radius 2 is 2.00 bits per heavy atom. The first-order valence-electron chi connectivity index (χ1n) is 6.31. The summed E-state index contributed by atoms with van der Waals surface area (Å²) in [5.74, 6) is -0.387. The molecule has 3 N–H and O–H groups in total. The van der Waals surface area contributed by atoms with Gasteiger partial charge in [-0.25, -0.2) is 14.5 Å². The summed E-state index contributed by atoms with van der Waals surface area (Å²) in [5.41, 5.74) is 0. The van der Waals surface area contributed by atoms with E-state index in [0.29, 0.717) is 35.0 Å². The Morgan fingerprint density at radius 1 is 1.30 bits per heavy atom. The third-order valence-corrected chi connectivity index (χ3v) is 5.08. The number of aliphatic carboxylic acids is 1. The molecule has 20 heavy (non-hydrogen) atoms. The van der Waals surface area contributed by atoms with Crippen molar-refractivity contribution in [1.29, 1.82) is 0 Å². The summed E-state index contributed by atoms with van der Waals surface area (Å²) in [6.45, 7) is 0. The van der Waals surface area contributed by atoms with Gasteiger partial charge in [0.05, 0.1) is 12.1 Å². The molecule has 112 valence electrons. The van der Waals surface area contributed by atoms with Crippen molar-refractivity contribution < 1.29 is 29.8 Å². The first-order chi connectivity index (χ1) is 9.43. The minimum atomic E-state index is -1.35. The van der Waals surface area contributed by atoms with Gasteiger partial charge in [0.15, 0.2) is 0 Å². The van der Waals surface area contributed by atoms with Gasteiger partial charge >= 0.3 is 18.1 Å². The van der Waals surface area contributed by atoms with E-state index in [9.17, 15) is 19.6 Å². The second-order valence-corrected chi connectivity index (χ2v) is 6.12. The Labute approximate surface area is 119 Å². The van der Waals surface area contributed by atoms with Crippen molar-refractivity contribution >= 4 is 29.9 Å². The average molecular weight is 304 g/mol. The summed E-state index contributed by atoms with van der Waals surface area (Å²) in [7, 11) is 0. The molecule has 2 rings (SSSR count). The molecule has 2 heterocycles. The molecule has 0 aliphatic carbocycles. The highest BCUT2D eigenvalue weighted by Crippen LogP contribution is 2.40. The lowest BCUT2D eigenvalue weighted by Crippen LogP contribution is -2.40. The van der Waals surface area contributed by atoms with Crippen LogP contribution in [0.25, 0.3) is 0 Å². The molecular weight excluding hydrogens is 288 g/mol. The molecule has 3 amide bonds. The van der Waals surface area contributed by atoms with Crippen LogP contribution >= 0.6 is 11.8 Å². The maximum absolute atomic E-state index is 11.7. The van der Waals surface area contributed by atoms with Gasteiger partial charge in [0.25, 0.3) is 0 Å². The largest absolute Gasteiger partial charge is 0.481 e. The number of carboxylic acids is 1. The SMILES string of the molecule is O=C(O)CCCC[C@H]1SC[C@@H]2[C@H]1N(O)C(=O)N2C(=O)O. The Bertz CT molecular complexity index is 431. The van der Waals surface area contributed by atoms with Crippen LogP contribution < -0.4 is 0 Å². The fourth-order valence-electron chi connectivity index (χ4n) is 2.69. The lowest BCUT2D eigenvalue weighted by molar-refractivity contribution is -0.137. The molecule has 0 aromatic heterocycles. The van der Waals surface area contributed by atoms with Crippen molar-refractivity contribution in [3.05, 3.63) is 0 Å². The molecule has 2 aliphatic heterocycles. The van der Waals surface area contributed by atoms with E-state index in [-0.39, 0.29) is 11.7 Å². The van der Waals surface area contributed by atoms with Crippen molar-refractivity contribution in [3.8, 4) is 0 Å². The molecule has 0 radical (unpaired) electrons. The second kappa shape index (κ2) is 5.88. The van der Waals surface area contributed by atoms with E-state index in [4.69, 9.17) is 10.2 Å². The van der Waals surface area contributed by atoms with E-state index in [2.05, 4.69) is 0 Å². The molecule has 8 nitrogen and oxygen atoms in total. The zero-order valence-corrected chi connectivity index (χ0v) is 11.5. The molecule has 0 saturated carbocycles. The van der Waals surface area contributed by atoms with Gasteiger partial charge < -0.3 is 10.2 Å². The first-order valence-corrected chi connectivity index (χ1v) is 7.36. The number of fused-ring (bicyclic) bond motifs is 1. The number of carbonyl (C=O) groups excluding carboxylic acids is 1. The van der Waals surface area contributed by atoms with E-state index in [1.807, 2.05) is 0 Å². The third kappa shape index (κ3) is 2.68. The number of nitrogens with zero attached hydrogens (tertiary/aromatic N) is 2. The maximum atomic E-state index is 11.7. The molecule has 0 aromatic rings. The van der Waals surface area contributed by atoms with Crippen LogP contribution in [0.15, 0.2) is 0 Å². The number of unbranched alkanes of at least 4 members (excludes halogenated alkanes) is 1. The zero-order valence-electron chi connectivity index (χ0n) is 10.6.